The fourth-order valence-electron chi connectivity index (χ4n) is 6.73. The lowest BCUT2D eigenvalue weighted by Crippen LogP contribution is -2.51. The molecule has 9 nitrogen and oxygen atoms in total. The van der Waals surface area contributed by atoms with Gasteiger partial charge < -0.3 is 25.0 Å². The molecule has 0 spiro atoms. The van der Waals surface area contributed by atoms with Crippen molar-refractivity contribution in [1.82, 2.24) is 15.5 Å². The minimum absolute atomic E-state index is 0. The van der Waals surface area contributed by atoms with Crippen molar-refractivity contribution in [2.45, 2.75) is 55.9 Å². The Kier molecular flexibility index (Phi) is 11.9. The molecule has 0 unspecified atom stereocenters. The summed E-state index contributed by atoms with van der Waals surface area (Å²) in [6, 6.07) is 24.6. The maximum Gasteiger partial charge on any atom is 0.305 e. The molecule has 1 aliphatic heterocycles. The van der Waals surface area contributed by atoms with E-state index in [1.54, 1.807) is 19.2 Å². The van der Waals surface area contributed by atoms with Gasteiger partial charge in [0.25, 0.3) is 5.91 Å². The molecule has 0 saturated carbocycles. The molecule has 0 aromatic heterocycles. The second-order valence-corrected chi connectivity index (χ2v) is 11.7. The number of methoxy groups -OCH3 is 2. The van der Waals surface area contributed by atoms with Crippen LogP contribution in [0.15, 0.2) is 78.9 Å². The van der Waals surface area contributed by atoms with Crippen LogP contribution in [0.3, 0.4) is 0 Å². The van der Waals surface area contributed by atoms with Gasteiger partial charge in [0.1, 0.15) is 5.75 Å². The molecular weight excluding hydrogens is 602 g/mol. The van der Waals surface area contributed by atoms with Crippen LogP contribution in [-0.4, -0.2) is 68.5 Å². The van der Waals surface area contributed by atoms with Gasteiger partial charge in [-0.3, -0.25) is 19.2 Å². The molecule has 2 aliphatic rings. The lowest BCUT2D eigenvalue weighted by Gasteiger charge is -2.42. The van der Waals surface area contributed by atoms with Crippen LogP contribution in [0.25, 0.3) is 0 Å². The number of esters is 1. The van der Waals surface area contributed by atoms with Crippen molar-refractivity contribution in [2.75, 3.05) is 33.9 Å². The highest BCUT2D eigenvalue weighted by atomic mass is 32.1. The van der Waals surface area contributed by atoms with Crippen LogP contribution in [0.4, 0.5) is 0 Å². The van der Waals surface area contributed by atoms with E-state index in [1.165, 1.54) is 7.11 Å². The van der Waals surface area contributed by atoms with E-state index in [0.717, 1.165) is 16.7 Å². The SMILES string of the molecule is COC(=O)CCCNC(=O)[C@@]1(c2ccccc2)CC[C@H](C(=O)N2CCC(NC(=O)c3ccccc3OC)CC2)c2ccccc21.S. The maximum absolute atomic E-state index is 14.1. The Labute approximate surface area is 277 Å². The summed E-state index contributed by atoms with van der Waals surface area (Å²) in [6.07, 6.45) is 3.00. The molecule has 2 N–H and O–H groups in total. The van der Waals surface area contributed by atoms with Gasteiger partial charge >= 0.3 is 5.97 Å². The zero-order valence-corrected chi connectivity index (χ0v) is 27.4. The highest BCUT2D eigenvalue weighted by Crippen LogP contribution is 2.48. The lowest BCUT2D eigenvalue weighted by molar-refractivity contribution is -0.140. The molecule has 10 heteroatoms. The molecule has 0 bridgehead atoms. The average molecular weight is 646 g/mol. The number of benzene rings is 3. The van der Waals surface area contributed by atoms with Crippen LogP contribution >= 0.6 is 13.5 Å². The number of carbonyl (C=O) groups is 4. The Hall–Kier alpha value is -4.31. The molecule has 244 valence electrons. The predicted octanol–water partition coefficient (Wildman–Crippen LogP) is 4.46. The van der Waals surface area contributed by atoms with Crippen molar-refractivity contribution in [3.63, 3.8) is 0 Å². The summed E-state index contributed by atoms with van der Waals surface area (Å²) in [5, 5.41) is 6.18. The Balaban J connectivity index is 0.00000480. The topological polar surface area (TPSA) is 114 Å². The molecule has 46 heavy (non-hydrogen) atoms. The van der Waals surface area contributed by atoms with Crippen LogP contribution in [0, 0.1) is 0 Å². The summed E-state index contributed by atoms with van der Waals surface area (Å²) in [4.78, 5) is 54.5. The number of amides is 3. The number of fused-ring (bicyclic) bond motifs is 1. The summed E-state index contributed by atoms with van der Waals surface area (Å²) in [5.74, 6) is -0.418. The Bertz CT molecular complexity index is 1520. The number of para-hydroxylation sites is 1. The Morgan fingerprint density at radius 1 is 0.870 bits per heavy atom. The third-order valence-corrected chi connectivity index (χ3v) is 9.12. The van der Waals surface area contributed by atoms with Gasteiger partial charge in [0.2, 0.25) is 11.8 Å². The van der Waals surface area contributed by atoms with Crippen LogP contribution in [0.2, 0.25) is 0 Å². The van der Waals surface area contributed by atoms with Gasteiger partial charge in [0, 0.05) is 32.1 Å². The second-order valence-electron chi connectivity index (χ2n) is 11.7. The number of nitrogens with one attached hydrogen (secondary N) is 2. The molecule has 1 fully saturated rings. The minimum Gasteiger partial charge on any atom is -0.496 e. The number of hydrogen-bond donors (Lipinski definition) is 2. The zero-order valence-electron chi connectivity index (χ0n) is 26.4. The van der Waals surface area contributed by atoms with Gasteiger partial charge in [-0.1, -0.05) is 66.7 Å². The summed E-state index contributed by atoms with van der Waals surface area (Å²) >= 11 is 0. The number of ether oxygens (including phenoxy) is 2. The smallest absolute Gasteiger partial charge is 0.305 e. The average Bonchev–Trinajstić information content (AvgIpc) is 3.09. The van der Waals surface area contributed by atoms with E-state index >= 15 is 0 Å². The first-order valence-electron chi connectivity index (χ1n) is 15.6. The van der Waals surface area contributed by atoms with E-state index < -0.39 is 5.41 Å². The monoisotopic (exact) mass is 645 g/mol. The third kappa shape index (κ3) is 7.22. The van der Waals surface area contributed by atoms with Crippen molar-refractivity contribution in [3.05, 3.63) is 101 Å². The molecule has 0 radical (unpaired) electrons. The normalized spacial score (nSPS) is 19.2. The first-order valence-corrected chi connectivity index (χ1v) is 15.6. The van der Waals surface area contributed by atoms with Gasteiger partial charge in [-0.2, -0.15) is 13.5 Å². The molecule has 2 atom stereocenters. The van der Waals surface area contributed by atoms with Gasteiger partial charge in [-0.25, -0.2) is 0 Å². The molecule has 5 rings (SSSR count). The molecule has 3 aromatic rings. The fourth-order valence-corrected chi connectivity index (χ4v) is 6.73. The quantitative estimate of drug-likeness (QED) is 0.249. The van der Waals surface area contributed by atoms with Gasteiger partial charge in [-0.05, 0) is 60.9 Å². The van der Waals surface area contributed by atoms with E-state index in [2.05, 4.69) is 10.6 Å². The molecule has 3 amide bonds. The Morgan fingerprint density at radius 3 is 2.26 bits per heavy atom. The van der Waals surface area contributed by atoms with Gasteiger partial charge in [0.05, 0.1) is 31.1 Å². The summed E-state index contributed by atoms with van der Waals surface area (Å²) in [7, 11) is 2.90. The molecule has 1 aliphatic carbocycles. The second kappa shape index (κ2) is 15.8. The van der Waals surface area contributed by atoms with Crippen molar-refractivity contribution in [2.24, 2.45) is 0 Å². The zero-order chi connectivity index (χ0) is 31.8. The summed E-state index contributed by atoms with van der Waals surface area (Å²) in [5.41, 5.74) is 2.11. The minimum atomic E-state index is -0.963. The van der Waals surface area contributed by atoms with Crippen LogP contribution in [-0.2, 0) is 24.5 Å². The molecule has 3 aromatic carbocycles. The highest BCUT2D eigenvalue weighted by Gasteiger charge is 2.48. The van der Waals surface area contributed by atoms with Gasteiger partial charge in [0.15, 0.2) is 0 Å². The van der Waals surface area contributed by atoms with Crippen molar-refractivity contribution >= 4 is 37.2 Å². The van der Waals surface area contributed by atoms with E-state index in [0.29, 0.717) is 63.1 Å². The molecule has 1 saturated heterocycles. The largest absolute Gasteiger partial charge is 0.496 e. The fraction of sp³-hybridized carbons (Fsp3) is 0.389. The van der Waals surface area contributed by atoms with E-state index in [9.17, 15) is 19.2 Å². The standard InChI is InChI=1S/C36H41N3O6.H2S/c1-44-31-16-9-7-14-29(31)33(41)38-26-19-23-39(24-20-26)34(42)28-18-21-36(25-11-4-3-5-12-25,30-15-8-6-13-27(28)30)35(43)37-22-10-17-32(40)45-2;/h3-9,11-16,26,28H,10,17-24H2,1-2H3,(H,37,43)(H,38,41);1H2/t28-,36+;/m0./s1. The number of piperidine rings is 1. The van der Waals surface area contributed by atoms with Crippen LogP contribution in [0.5, 0.6) is 5.75 Å². The summed E-state index contributed by atoms with van der Waals surface area (Å²) in [6.45, 7) is 1.42. The number of rotatable bonds is 10. The van der Waals surface area contributed by atoms with E-state index in [4.69, 9.17) is 9.47 Å². The van der Waals surface area contributed by atoms with Crippen molar-refractivity contribution in [3.8, 4) is 5.75 Å². The lowest BCUT2D eigenvalue weighted by atomic mass is 9.62. The number of nitrogens with zero attached hydrogens (tertiary/aromatic N) is 1. The van der Waals surface area contributed by atoms with E-state index in [1.807, 2.05) is 71.6 Å². The highest BCUT2D eigenvalue weighted by molar-refractivity contribution is 7.59. The number of hydrogen-bond acceptors (Lipinski definition) is 6. The third-order valence-electron chi connectivity index (χ3n) is 9.12. The number of carbonyl (C=O) groups excluding carboxylic acids is 4. The van der Waals surface area contributed by atoms with Crippen molar-refractivity contribution < 1.29 is 28.7 Å². The van der Waals surface area contributed by atoms with Gasteiger partial charge in [-0.15, -0.1) is 0 Å². The summed E-state index contributed by atoms with van der Waals surface area (Å²) < 4.78 is 10.1. The Morgan fingerprint density at radius 2 is 1.54 bits per heavy atom. The number of likely N-dealkylation sites (tertiary alicyclic amines) is 1. The first-order chi connectivity index (χ1) is 21.9. The van der Waals surface area contributed by atoms with E-state index in [-0.39, 0.29) is 55.6 Å². The maximum atomic E-state index is 14.1. The van der Waals surface area contributed by atoms with Crippen LogP contribution < -0.4 is 15.4 Å². The molecule has 1 heterocycles. The van der Waals surface area contributed by atoms with Crippen LogP contribution in [0.1, 0.15) is 71.5 Å². The first kappa shape index (κ1) is 34.6. The molecular formula is C36H43N3O6S. The van der Waals surface area contributed by atoms with Crippen molar-refractivity contribution in [1.29, 1.82) is 0 Å². The predicted molar refractivity (Wildman–Crippen MR) is 180 cm³/mol.